The number of nitrogens with zero attached hydrogens (tertiary/aromatic N) is 2. The van der Waals surface area contributed by atoms with Crippen molar-refractivity contribution in [2.75, 3.05) is 19.8 Å². The van der Waals surface area contributed by atoms with Crippen LogP contribution in [-0.4, -0.2) is 36.0 Å². The van der Waals surface area contributed by atoms with Crippen LogP contribution in [0.15, 0.2) is 12.3 Å². The van der Waals surface area contributed by atoms with Gasteiger partial charge >= 0.3 is 0 Å². The second-order valence-corrected chi connectivity index (χ2v) is 4.12. The molecule has 1 aliphatic rings. The first-order chi connectivity index (χ1) is 7.58. The molecule has 0 radical (unpaired) electrons. The monoisotopic (exact) mass is 221 g/mol. The Morgan fingerprint density at radius 2 is 2.25 bits per heavy atom. The van der Waals surface area contributed by atoms with E-state index in [1.165, 1.54) is 11.1 Å². The van der Waals surface area contributed by atoms with Crippen LogP contribution in [-0.2, 0) is 0 Å². The van der Waals surface area contributed by atoms with Crippen molar-refractivity contribution in [2.45, 2.75) is 18.9 Å². The second-order valence-electron chi connectivity index (χ2n) is 4.12. The van der Waals surface area contributed by atoms with Crippen molar-refractivity contribution in [3.63, 3.8) is 0 Å². The van der Waals surface area contributed by atoms with Crippen LogP contribution in [0, 0.1) is 0 Å². The molecule has 1 aromatic rings. The highest BCUT2D eigenvalue weighted by Crippen LogP contribution is 2.30. The van der Waals surface area contributed by atoms with E-state index in [1.807, 2.05) is 0 Å². The standard InChI is InChI=1S/C11H15N3O2/c1-14(2)11(15)9-5-8(12)10(6-13-9)16-7-3-4-7/h5-7H,3-4H2,1-2H3,(H2,12,13). The lowest BCUT2D eigenvalue weighted by atomic mass is 10.3. The van der Waals surface area contributed by atoms with Crippen molar-refractivity contribution < 1.29 is 9.53 Å². The Morgan fingerprint density at radius 1 is 1.56 bits per heavy atom. The Bertz CT molecular complexity index is 414. The smallest absolute Gasteiger partial charge is 0.272 e. The van der Waals surface area contributed by atoms with Crippen LogP contribution in [0.5, 0.6) is 5.75 Å². The molecule has 1 amide bonds. The van der Waals surface area contributed by atoms with Crippen LogP contribution in [0.2, 0.25) is 0 Å². The first-order valence-electron chi connectivity index (χ1n) is 5.21. The van der Waals surface area contributed by atoms with Gasteiger partial charge in [-0.25, -0.2) is 4.98 Å². The maximum absolute atomic E-state index is 11.6. The van der Waals surface area contributed by atoms with E-state index >= 15 is 0 Å². The first kappa shape index (κ1) is 10.7. The molecule has 5 nitrogen and oxygen atoms in total. The third-order valence-corrected chi connectivity index (χ3v) is 2.34. The molecule has 1 aliphatic carbocycles. The number of nitrogen functional groups attached to an aromatic ring is 1. The van der Waals surface area contributed by atoms with E-state index in [9.17, 15) is 4.79 Å². The molecule has 0 saturated heterocycles. The van der Waals surface area contributed by atoms with Crippen molar-refractivity contribution in [1.29, 1.82) is 0 Å². The van der Waals surface area contributed by atoms with Gasteiger partial charge in [0.05, 0.1) is 18.0 Å². The van der Waals surface area contributed by atoms with Gasteiger partial charge in [-0.1, -0.05) is 0 Å². The maximum atomic E-state index is 11.6. The first-order valence-corrected chi connectivity index (χ1v) is 5.21. The highest BCUT2D eigenvalue weighted by molar-refractivity contribution is 5.93. The fraction of sp³-hybridized carbons (Fsp3) is 0.455. The number of amides is 1. The minimum absolute atomic E-state index is 0.162. The Morgan fingerprint density at radius 3 is 2.75 bits per heavy atom. The summed E-state index contributed by atoms with van der Waals surface area (Å²) in [5.41, 5.74) is 6.60. The van der Waals surface area contributed by atoms with Crippen LogP contribution in [0.1, 0.15) is 23.3 Å². The zero-order valence-corrected chi connectivity index (χ0v) is 9.43. The number of ether oxygens (including phenoxy) is 1. The number of carbonyl (C=O) groups excluding carboxylic acids is 1. The van der Waals surface area contributed by atoms with Gasteiger partial charge in [0.25, 0.3) is 5.91 Å². The molecule has 1 heterocycles. The van der Waals surface area contributed by atoms with Gasteiger partial charge in [-0.15, -0.1) is 0 Å². The SMILES string of the molecule is CN(C)C(=O)c1cc(N)c(OC2CC2)cn1. The number of pyridine rings is 1. The summed E-state index contributed by atoms with van der Waals surface area (Å²) in [6.07, 6.45) is 3.93. The van der Waals surface area contributed by atoms with E-state index in [1.54, 1.807) is 20.2 Å². The Hall–Kier alpha value is -1.78. The number of nitrogens with two attached hydrogens (primary N) is 1. The maximum Gasteiger partial charge on any atom is 0.272 e. The molecule has 0 spiro atoms. The molecule has 1 aromatic heterocycles. The van der Waals surface area contributed by atoms with Crippen molar-refractivity contribution >= 4 is 11.6 Å². The predicted molar refractivity (Wildman–Crippen MR) is 60.3 cm³/mol. The molecule has 16 heavy (non-hydrogen) atoms. The molecule has 0 unspecified atom stereocenters. The Kier molecular flexibility index (Phi) is 2.68. The molecule has 0 bridgehead atoms. The van der Waals surface area contributed by atoms with E-state index in [2.05, 4.69) is 4.98 Å². The average molecular weight is 221 g/mol. The predicted octanol–water partition coefficient (Wildman–Crippen LogP) is 0.907. The fourth-order valence-corrected chi connectivity index (χ4v) is 1.27. The third-order valence-electron chi connectivity index (χ3n) is 2.34. The molecule has 1 fully saturated rings. The molecular formula is C11H15N3O2. The average Bonchev–Trinajstić information content (AvgIpc) is 3.03. The molecule has 86 valence electrons. The summed E-state index contributed by atoms with van der Waals surface area (Å²) < 4.78 is 5.54. The Balaban J connectivity index is 2.17. The van der Waals surface area contributed by atoms with Gasteiger partial charge in [-0.3, -0.25) is 4.79 Å². The lowest BCUT2D eigenvalue weighted by molar-refractivity contribution is 0.0822. The van der Waals surface area contributed by atoms with Gasteiger partial charge in [0.15, 0.2) is 5.75 Å². The molecular weight excluding hydrogens is 206 g/mol. The molecule has 2 rings (SSSR count). The number of hydrogen-bond acceptors (Lipinski definition) is 4. The minimum Gasteiger partial charge on any atom is -0.487 e. The van der Waals surface area contributed by atoms with Gasteiger partial charge in [0.1, 0.15) is 5.69 Å². The van der Waals surface area contributed by atoms with Gasteiger partial charge in [-0.2, -0.15) is 0 Å². The van der Waals surface area contributed by atoms with Crippen molar-refractivity contribution in [3.05, 3.63) is 18.0 Å². The topological polar surface area (TPSA) is 68.5 Å². The van der Waals surface area contributed by atoms with Gasteiger partial charge in [0.2, 0.25) is 0 Å². The quantitative estimate of drug-likeness (QED) is 0.823. The molecule has 5 heteroatoms. The lowest BCUT2D eigenvalue weighted by Gasteiger charge is -2.11. The van der Waals surface area contributed by atoms with Crippen molar-refractivity contribution in [1.82, 2.24) is 9.88 Å². The third kappa shape index (κ3) is 2.24. The number of carbonyl (C=O) groups is 1. The highest BCUT2D eigenvalue weighted by Gasteiger charge is 2.24. The summed E-state index contributed by atoms with van der Waals surface area (Å²) >= 11 is 0. The van der Waals surface area contributed by atoms with Crippen molar-refractivity contribution in [2.24, 2.45) is 0 Å². The van der Waals surface area contributed by atoms with Gasteiger partial charge in [-0.05, 0) is 18.9 Å². The molecule has 1 saturated carbocycles. The number of hydrogen-bond donors (Lipinski definition) is 1. The zero-order valence-electron chi connectivity index (χ0n) is 9.43. The van der Waals surface area contributed by atoms with Crippen LogP contribution in [0.4, 0.5) is 5.69 Å². The summed E-state index contributed by atoms with van der Waals surface area (Å²) in [4.78, 5) is 17.1. The van der Waals surface area contributed by atoms with Crippen LogP contribution in [0.25, 0.3) is 0 Å². The number of rotatable bonds is 3. The number of aromatic nitrogens is 1. The van der Waals surface area contributed by atoms with E-state index in [0.717, 1.165) is 12.8 Å². The highest BCUT2D eigenvalue weighted by atomic mass is 16.5. The summed E-state index contributed by atoms with van der Waals surface area (Å²) in [5, 5.41) is 0. The van der Waals surface area contributed by atoms with Crippen LogP contribution < -0.4 is 10.5 Å². The summed E-state index contributed by atoms with van der Waals surface area (Å²) in [5.74, 6) is 0.405. The number of anilines is 1. The van der Waals surface area contributed by atoms with Crippen LogP contribution >= 0.6 is 0 Å². The minimum atomic E-state index is -0.162. The molecule has 2 N–H and O–H groups in total. The van der Waals surface area contributed by atoms with E-state index in [0.29, 0.717) is 17.1 Å². The van der Waals surface area contributed by atoms with Crippen molar-refractivity contribution in [3.8, 4) is 5.75 Å². The Labute approximate surface area is 94.2 Å². The second kappa shape index (κ2) is 4.00. The largest absolute Gasteiger partial charge is 0.487 e. The van der Waals surface area contributed by atoms with E-state index < -0.39 is 0 Å². The summed E-state index contributed by atoms with van der Waals surface area (Å²) in [6.45, 7) is 0. The van der Waals surface area contributed by atoms with Gasteiger partial charge < -0.3 is 15.4 Å². The molecule has 0 aromatic carbocycles. The summed E-state index contributed by atoms with van der Waals surface area (Å²) in [6, 6.07) is 1.56. The van der Waals surface area contributed by atoms with E-state index in [4.69, 9.17) is 10.5 Å². The summed E-state index contributed by atoms with van der Waals surface area (Å²) in [7, 11) is 3.35. The van der Waals surface area contributed by atoms with E-state index in [-0.39, 0.29) is 12.0 Å². The lowest BCUT2D eigenvalue weighted by Crippen LogP contribution is -2.22. The fourth-order valence-electron chi connectivity index (χ4n) is 1.27. The normalized spacial score (nSPS) is 14.6. The molecule has 0 aliphatic heterocycles. The zero-order chi connectivity index (χ0) is 11.7. The molecule has 0 atom stereocenters. The van der Waals surface area contributed by atoms with Gasteiger partial charge in [0, 0.05) is 14.1 Å². The van der Waals surface area contributed by atoms with Crippen LogP contribution in [0.3, 0.4) is 0 Å².